The lowest BCUT2D eigenvalue weighted by Crippen LogP contribution is -2.13. The Morgan fingerprint density at radius 2 is 2.00 bits per heavy atom. The van der Waals surface area contributed by atoms with Crippen LogP contribution in [0.15, 0.2) is 0 Å². The van der Waals surface area contributed by atoms with Gasteiger partial charge in [0, 0.05) is 0 Å². The van der Waals surface area contributed by atoms with E-state index in [4.69, 9.17) is 10.5 Å². The highest BCUT2D eigenvalue weighted by molar-refractivity contribution is 4.65. The predicted molar refractivity (Wildman–Crippen MR) is 32.4 cm³/mol. The zero-order valence-electron chi connectivity index (χ0n) is 5.10. The average molecular weight is 115 g/mol. The van der Waals surface area contributed by atoms with Gasteiger partial charge in [0.1, 0.15) is 0 Å². The first-order valence-electron chi connectivity index (χ1n) is 3.25. The van der Waals surface area contributed by atoms with Crippen LogP contribution in [0.4, 0.5) is 0 Å². The van der Waals surface area contributed by atoms with Gasteiger partial charge >= 0.3 is 0 Å². The summed E-state index contributed by atoms with van der Waals surface area (Å²) < 4.78 is 5.18. The van der Waals surface area contributed by atoms with Crippen molar-refractivity contribution in [3.05, 3.63) is 0 Å². The average Bonchev–Trinajstić information content (AvgIpc) is 2.19. The van der Waals surface area contributed by atoms with Gasteiger partial charge in [-0.05, 0) is 12.8 Å². The molecule has 0 radical (unpaired) electrons. The fourth-order valence-corrected chi connectivity index (χ4v) is 1.19. The van der Waals surface area contributed by atoms with Crippen LogP contribution in [0.2, 0.25) is 0 Å². The normalized spacial score (nSPS) is 22.1. The van der Waals surface area contributed by atoms with E-state index in [1.54, 1.807) is 0 Å². The summed E-state index contributed by atoms with van der Waals surface area (Å²) in [5.41, 5.74) is 5.19. The van der Waals surface area contributed by atoms with Crippen LogP contribution in [0.1, 0.15) is 25.7 Å². The van der Waals surface area contributed by atoms with Crippen molar-refractivity contribution >= 4 is 0 Å². The molecule has 0 saturated heterocycles. The summed E-state index contributed by atoms with van der Waals surface area (Å²) >= 11 is 0. The molecule has 0 bridgehead atoms. The monoisotopic (exact) mass is 115 g/mol. The molecule has 0 aromatic carbocycles. The molecular weight excluding hydrogens is 102 g/mol. The lowest BCUT2D eigenvalue weighted by Gasteiger charge is -2.06. The van der Waals surface area contributed by atoms with Crippen LogP contribution in [0.25, 0.3) is 0 Å². The molecule has 0 heterocycles. The molecule has 2 nitrogen and oxygen atoms in total. The van der Waals surface area contributed by atoms with Gasteiger partial charge in [-0.2, -0.15) is 0 Å². The molecular formula is C6H13NO. The third-order valence-corrected chi connectivity index (χ3v) is 1.63. The molecule has 1 rings (SSSR count). The molecule has 48 valence electrons. The number of ether oxygens (including phenoxy) is 1. The molecule has 0 amide bonds. The van der Waals surface area contributed by atoms with Gasteiger partial charge in [0.25, 0.3) is 0 Å². The second-order valence-corrected chi connectivity index (χ2v) is 2.24. The Morgan fingerprint density at radius 3 is 2.50 bits per heavy atom. The van der Waals surface area contributed by atoms with Gasteiger partial charge < -0.3 is 10.5 Å². The van der Waals surface area contributed by atoms with Crippen molar-refractivity contribution in [2.24, 2.45) is 5.73 Å². The lowest BCUT2D eigenvalue weighted by molar-refractivity contribution is 0.0633. The van der Waals surface area contributed by atoms with Crippen molar-refractivity contribution in [2.75, 3.05) is 6.73 Å². The highest BCUT2D eigenvalue weighted by Gasteiger charge is 2.13. The molecule has 2 N–H and O–H groups in total. The fourth-order valence-electron chi connectivity index (χ4n) is 1.19. The van der Waals surface area contributed by atoms with Crippen molar-refractivity contribution in [3.63, 3.8) is 0 Å². The van der Waals surface area contributed by atoms with Gasteiger partial charge in [0.15, 0.2) is 0 Å². The van der Waals surface area contributed by atoms with Crippen LogP contribution in [-0.4, -0.2) is 12.8 Å². The molecule has 0 atom stereocenters. The number of rotatable bonds is 2. The summed E-state index contributed by atoms with van der Waals surface area (Å²) in [6, 6.07) is 0. The molecule has 1 saturated carbocycles. The van der Waals surface area contributed by atoms with E-state index in [-0.39, 0.29) is 0 Å². The highest BCUT2D eigenvalue weighted by atomic mass is 16.5. The quantitative estimate of drug-likeness (QED) is 0.542. The van der Waals surface area contributed by atoms with Gasteiger partial charge in [-0.25, -0.2) is 0 Å². The molecule has 2 heteroatoms. The van der Waals surface area contributed by atoms with Gasteiger partial charge in [-0.1, -0.05) is 12.8 Å². The van der Waals surface area contributed by atoms with Crippen LogP contribution in [0, 0.1) is 0 Å². The summed E-state index contributed by atoms with van der Waals surface area (Å²) in [5, 5.41) is 0. The summed E-state index contributed by atoms with van der Waals surface area (Å²) in [7, 11) is 0. The first kappa shape index (κ1) is 6.05. The molecule has 0 aromatic rings. The standard InChI is InChI=1S/C6H13NO/c7-5-8-6-3-1-2-4-6/h6H,1-5,7H2. The number of nitrogens with two attached hydrogens (primary N) is 1. The van der Waals surface area contributed by atoms with Gasteiger partial charge in [-0.15, -0.1) is 0 Å². The van der Waals surface area contributed by atoms with Crippen LogP contribution < -0.4 is 5.73 Å². The summed E-state index contributed by atoms with van der Waals surface area (Å²) in [5.74, 6) is 0. The Bertz CT molecular complexity index is 59.5. The lowest BCUT2D eigenvalue weighted by atomic mass is 10.3. The molecule has 1 aliphatic rings. The van der Waals surface area contributed by atoms with Crippen molar-refractivity contribution in [2.45, 2.75) is 31.8 Å². The van der Waals surface area contributed by atoms with Crippen molar-refractivity contribution < 1.29 is 4.74 Å². The van der Waals surface area contributed by atoms with Crippen LogP contribution in [0.3, 0.4) is 0 Å². The zero-order valence-corrected chi connectivity index (χ0v) is 5.10. The molecule has 1 fully saturated rings. The molecule has 0 aliphatic heterocycles. The maximum Gasteiger partial charge on any atom is 0.0944 e. The van der Waals surface area contributed by atoms with Gasteiger partial charge in [0.2, 0.25) is 0 Å². The third-order valence-electron chi connectivity index (χ3n) is 1.63. The van der Waals surface area contributed by atoms with E-state index in [0.717, 1.165) is 0 Å². The number of hydrogen-bond acceptors (Lipinski definition) is 2. The Kier molecular flexibility index (Phi) is 2.30. The highest BCUT2D eigenvalue weighted by Crippen LogP contribution is 2.19. The van der Waals surface area contributed by atoms with Crippen LogP contribution in [0.5, 0.6) is 0 Å². The Hall–Kier alpha value is -0.0800. The van der Waals surface area contributed by atoms with Gasteiger partial charge in [0.05, 0.1) is 12.8 Å². The van der Waals surface area contributed by atoms with Crippen LogP contribution in [-0.2, 0) is 4.74 Å². The van der Waals surface area contributed by atoms with E-state index in [1.165, 1.54) is 25.7 Å². The molecule has 0 spiro atoms. The minimum Gasteiger partial charge on any atom is -0.363 e. The summed E-state index contributed by atoms with van der Waals surface area (Å²) in [6.07, 6.45) is 5.57. The maximum absolute atomic E-state index is 5.19. The summed E-state index contributed by atoms with van der Waals surface area (Å²) in [6.45, 7) is 0.394. The van der Waals surface area contributed by atoms with Gasteiger partial charge in [-0.3, -0.25) is 0 Å². The van der Waals surface area contributed by atoms with Crippen molar-refractivity contribution in [1.82, 2.24) is 0 Å². The predicted octanol–water partition coefficient (Wildman–Crippen LogP) is 0.862. The first-order valence-corrected chi connectivity index (χ1v) is 3.25. The third kappa shape index (κ3) is 1.46. The molecule has 1 aliphatic carbocycles. The first-order chi connectivity index (χ1) is 3.93. The van der Waals surface area contributed by atoms with E-state index in [0.29, 0.717) is 12.8 Å². The van der Waals surface area contributed by atoms with E-state index in [9.17, 15) is 0 Å². The number of hydrogen-bond donors (Lipinski definition) is 1. The van der Waals surface area contributed by atoms with Crippen LogP contribution >= 0.6 is 0 Å². The Morgan fingerprint density at radius 1 is 1.38 bits per heavy atom. The molecule has 8 heavy (non-hydrogen) atoms. The van der Waals surface area contributed by atoms with Crippen molar-refractivity contribution in [1.29, 1.82) is 0 Å². The second-order valence-electron chi connectivity index (χ2n) is 2.24. The summed E-state index contributed by atoms with van der Waals surface area (Å²) in [4.78, 5) is 0. The van der Waals surface area contributed by atoms with E-state index in [2.05, 4.69) is 0 Å². The van der Waals surface area contributed by atoms with E-state index < -0.39 is 0 Å². The minimum absolute atomic E-state index is 0.394. The Labute approximate surface area is 50.0 Å². The zero-order chi connectivity index (χ0) is 5.82. The largest absolute Gasteiger partial charge is 0.363 e. The molecule has 0 unspecified atom stereocenters. The minimum atomic E-state index is 0.394. The Balaban J connectivity index is 2.06. The van der Waals surface area contributed by atoms with E-state index >= 15 is 0 Å². The second kappa shape index (κ2) is 3.05. The van der Waals surface area contributed by atoms with E-state index in [1.807, 2.05) is 0 Å². The molecule has 0 aromatic heterocycles. The topological polar surface area (TPSA) is 35.2 Å². The maximum atomic E-state index is 5.19. The SMILES string of the molecule is NCOC1CCCC1. The fraction of sp³-hybridized carbons (Fsp3) is 1.00. The van der Waals surface area contributed by atoms with Crippen molar-refractivity contribution in [3.8, 4) is 0 Å². The smallest absolute Gasteiger partial charge is 0.0944 e.